The Kier molecular flexibility index (Phi) is 3.53. The van der Waals surface area contributed by atoms with Gasteiger partial charge in [0, 0.05) is 12.2 Å². The summed E-state index contributed by atoms with van der Waals surface area (Å²) in [5.74, 6) is 0. The maximum Gasteiger partial charge on any atom is 0.0678 e. The van der Waals surface area contributed by atoms with Crippen LogP contribution >= 0.6 is 0 Å². The third-order valence-corrected chi connectivity index (χ3v) is 3.52. The van der Waals surface area contributed by atoms with Crippen LogP contribution in [-0.2, 0) is 6.54 Å². The molecule has 0 amide bonds. The van der Waals surface area contributed by atoms with Crippen molar-refractivity contribution in [3.8, 4) is 5.69 Å². The first kappa shape index (κ1) is 12.8. The molecular weight excluding hydrogens is 222 g/mol. The summed E-state index contributed by atoms with van der Waals surface area (Å²) in [6.45, 7) is 9.34. The normalized spacial score (nSPS) is 10.9. The van der Waals surface area contributed by atoms with Gasteiger partial charge in [0.05, 0.1) is 11.4 Å². The lowest BCUT2D eigenvalue weighted by Crippen LogP contribution is -2.07. The van der Waals surface area contributed by atoms with E-state index in [0.29, 0.717) is 0 Å². The molecule has 0 aliphatic carbocycles. The summed E-state index contributed by atoms with van der Waals surface area (Å²) in [6, 6.07) is 6.53. The van der Waals surface area contributed by atoms with Gasteiger partial charge in [0.15, 0.2) is 0 Å². The maximum absolute atomic E-state index is 4.62. The van der Waals surface area contributed by atoms with E-state index in [1.807, 2.05) is 11.7 Å². The van der Waals surface area contributed by atoms with Crippen LogP contribution in [-0.4, -0.2) is 16.8 Å². The average molecular weight is 243 g/mol. The Hall–Kier alpha value is -1.61. The van der Waals surface area contributed by atoms with Crippen molar-refractivity contribution in [3.05, 3.63) is 46.3 Å². The molecular formula is C15H21N3. The largest absolute Gasteiger partial charge is 0.316 e. The summed E-state index contributed by atoms with van der Waals surface area (Å²) in [7, 11) is 1.97. The Morgan fingerprint density at radius 2 is 1.89 bits per heavy atom. The van der Waals surface area contributed by atoms with Gasteiger partial charge in [-0.15, -0.1) is 0 Å². The highest BCUT2D eigenvalue weighted by Crippen LogP contribution is 2.20. The number of hydrogen-bond acceptors (Lipinski definition) is 2. The van der Waals surface area contributed by atoms with Crippen LogP contribution in [0.5, 0.6) is 0 Å². The van der Waals surface area contributed by atoms with Crippen LogP contribution in [0.3, 0.4) is 0 Å². The van der Waals surface area contributed by atoms with Crippen molar-refractivity contribution in [2.24, 2.45) is 0 Å². The van der Waals surface area contributed by atoms with Crippen molar-refractivity contribution in [2.45, 2.75) is 34.2 Å². The van der Waals surface area contributed by atoms with E-state index in [4.69, 9.17) is 0 Å². The Balaban J connectivity index is 2.48. The van der Waals surface area contributed by atoms with Gasteiger partial charge in [-0.1, -0.05) is 12.1 Å². The van der Waals surface area contributed by atoms with E-state index in [2.05, 4.69) is 56.3 Å². The van der Waals surface area contributed by atoms with E-state index >= 15 is 0 Å². The lowest BCUT2D eigenvalue weighted by Gasteiger charge is -2.10. The molecule has 1 aromatic carbocycles. The van der Waals surface area contributed by atoms with Gasteiger partial charge in [0.25, 0.3) is 0 Å². The standard InChI is InChI=1S/C15H21N3/c1-10-8-14(9-16-5)6-7-15(10)18-13(4)11(2)12(3)17-18/h6-8,16H,9H2,1-5H3. The van der Waals surface area contributed by atoms with Gasteiger partial charge >= 0.3 is 0 Å². The average Bonchev–Trinajstić information content (AvgIpc) is 2.58. The van der Waals surface area contributed by atoms with Crippen molar-refractivity contribution in [1.29, 1.82) is 0 Å². The first-order valence-electron chi connectivity index (χ1n) is 6.32. The van der Waals surface area contributed by atoms with E-state index < -0.39 is 0 Å². The zero-order chi connectivity index (χ0) is 13.3. The molecule has 3 heteroatoms. The van der Waals surface area contributed by atoms with Crippen LogP contribution in [0.25, 0.3) is 5.69 Å². The molecule has 1 heterocycles. The number of hydrogen-bond donors (Lipinski definition) is 1. The number of nitrogens with zero attached hydrogens (tertiary/aromatic N) is 2. The topological polar surface area (TPSA) is 29.9 Å². The summed E-state index contributed by atoms with van der Waals surface area (Å²) in [6.07, 6.45) is 0. The van der Waals surface area contributed by atoms with Crippen LogP contribution in [0.15, 0.2) is 18.2 Å². The highest BCUT2D eigenvalue weighted by Gasteiger charge is 2.10. The highest BCUT2D eigenvalue weighted by atomic mass is 15.3. The molecule has 18 heavy (non-hydrogen) atoms. The van der Waals surface area contributed by atoms with Crippen LogP contribution < -0.4 is 5.32 Å². The molecule has 0 aliphatic rings. The quantitative estimate of drug-likeness (QED) is 0.898. The van der Waals surface area contributed by atoms with E-state index in [9.17, 15) is 0 Å². The summed E-state index contributed by atoms with van der Waals surface area (Å²) < 4.78 is 2.04. The fraction of sp³-hybridized carbons (Fsp3) is 0.400. The Labute approximate surface area is 109 Å². The van der Waals surface area contributed by atoms with Gasteiger partial charge in [0.2, 0.25) is 0 Å². The van der Waals surface area contributed by atoms with Crippen LogP contribution in [0.2, 0.25) is 0 Å². The number of aromatic nitrogens is 2. The number of benzene rings is 1. The molecule has 0 spiro atoms. The molecule has 96 valence electrons. The summed E-state index contributed by atoms with van der Waals surface area (Å²) in [4.78, 5) is 0. The molecule has 0 radical (unpaired) electrons. The minimum atomic E-state index is 0.900. The van der Waals surface area contributed by atoms with E-state index in [1.54, 1.807) is 0 Å². The smallest absolute Gasteiger partial charge is 0.0678 e. The van der Waals surface area contributed by atoms with Gasteiger partial charge in [-0.2, -0.15) is 5.10 Å². The molecule has 1 N–H and O–H groups in total. The lowest BCUT2D eigenvalue weighted by atomic mass is 10.1. The second kappa shape index (κ2) is 4.94. The molecule has 0 saturated carbocycles. The van der Waals surface area contributed by atoms with Crippen LogP contribution in [0, 0.1) is 27.7 Å². The predicted molar refractivity (Wildman–Crippen MR) is 75.3 cm³/mol. The molecule has 0 bridgehead atoms. The molecule has 0 saturated heterocycles. The van der Waals surface area contributed by atoms with Crippen molar-refractivity contribution >= 4 is 0 Å². The highest BCUT2D eigenvalue weighted by molar-refractivity contribution is 5.44. The zero-order valence-electron chi connectivity index (χ0n) is 11.8. The Morgan fingerprint density at radius 1 is 1.17 bits per heavy atom. The van der Waals surface area contributed by atoms with Gasteiger partial charge in [0.1, 0.15) is 0 Å². The summed E-state index contributed by atoms with van der Waals surface area (Å²) >= 11 is 0. The fourth-order valence-electron chi connectivity index (χ4n) is 2.22. The van der Waals surface area contributed by atoms with Crippen molar-refractivity contribution in [2.75, 3.05) is 7.05 Å². The predicted octanol–water partition coefficient (Wildman–Crippen LogP) is 2.83. The number of aryl methyl sites for hydroxylation is 2. The summed E-state index contributed by atoms with van der Waals surface area (Å²) in [5, 5.41) is 7.79. The zero-order valence-corrected chi connectivity index (χ0v) is 11.8. The van der Waals surface area contributed by atoms with Crippen molar-refractivity contribution in [3.63, 3.8) is 0 Å². The molecule has 2 aromatic rings. The Bertz CT molecular complexity index is 567. The molecule has 3 nitrogen and oxygen atoms in total. The van der Waals surface area contributed by atoms with E-state index in [0.717, 1.165) is 12.2 Å². The van der Waals surface area contributed by atoms with Crippen LogP contribution in [0.1, 0.15) is 28.1 Å². The van der Waals surface area contributed by atoms with Crippen molar-refractivity contribution < 1.29 is 0 Å². The van der Waals surface area contributed by atoms with Gasteiger partial charge in [-0.25, -0.2) is 4.68 Å². The number of nitrogens with one attached hydrogen (secondary N) is 1. The number of rotatable bonds is 3. The molecule has 0 aliphatic heterocycles. The van der Waals surface area contributed by atoms with Gasteiger partial charge in [-0.3, -0.25) is 0 Å². The van der Waals surface area contributed by atoms with E-state index in [-0.39, 0.29) is 0 Å². The van der Waals surface area contributed by atoms with E-state index in [1.165, 1.54) is 28.1 Å². The summed E-state index contributed by atoms with van der Waals surface area (Å²) in [5.41, 5.74) is 7.32. The minimum absolute atomic E-state index is 0.900. The third kappa shape index (κ3) is 2.18. The minimum Gasteiger partial charge on any atom is -0.316 e. The SMILES string of the molecule is CNCc1ccc(-n2nc(C)c(C)c2C)c(C)c1. The fourth-order valence-corrected chi connectivity index (χ4v) is 2.22. The van der Waals surface area contributed by atoms with Gasteiger partial charge in [-0.05, 0) is 57.5 Å². The maximum atomic E-state index is 4.62. The molecule has 0 fully saturated rings. The molecule has 2 rings (SSSR count). The lowest BCUT2D eigenvalue weighted by molar-refractivity contribution is 0.806. The van der Waals surface area contributed by atoms with Crippen LogP contribution in [0.4, 0.5) is 0 Å². The molecule has 0 unspecified atom stereocenters. The second-order valence-corrected chi connectivity index (χ2v) is 4.86. The van der Waals surface area contributed by atoms with Gasteiger partial charge < -0.3 is 5.32 Å². The van der Waals surface area contributed by atoms with Crippen molar-refractivity contribution in [1.82, 2.24) is 15.1 Å². The molecule has 1 aromatic heterocycles. The second-order valence-electron chi connectivity index (χ2n) is 4.86. The first-order chi connectivity index (χ1) is 8.54. The first-order valence-corrected chi connectivity index (χ1v) is 6.32. The Morgan fingerprint density at radius 3 is 2.39 bits per heavy atom. The third-order valence-electron chi connectivity index (χ3n) is 3.52. The molecule has 0 atom stereocenters. The monoisotopic (exact) mass is 243 g/mol.